The molecule has 7 heteroatoms. The third-order valence-electron chi connectivity index (χ3n) is 3.23. The summed E-state index contributed by atoms with van der Waals surface area (Å²) in [5, 5.41) is 0. The summed E-state index contributed by atoms with van der Waals surface area (Å²) in [6, 6.07) is 3.77. The van der Waals surface area contributed by atoms with E-state index >= 15 is 0 Å². The van der Waals surface area contributed by atoms with E-state index in [0.717, 1.165) is 5.56 Å². The second-order valence-electron chi connectivity index (χ2n) is 4.66. The highest BCUT2D eigenvalue weighted by Crippen LogP contribution is 2.10. The van der Waals surface area contributed by atoms with E-state index in [2.05, 4.69) is 15.8 Å². The molecule has 3 amide bonds. The molecule has 106 valence electrons. The Morgan fingerprint density at radius 3 is 2.45 bits per heavy atom. The topological polar surface area (TPSA) is 91.4 Å². The number of hydrogen-bond acceptors (Lipinski definition) is 4. The van der Waals surface area contributed by atoms with Crippen LogP contribution in [-0.4, -0.2) is 41.2 Å². The van der Waals surface area contributed by atoms with E-state index in [4.69, 9.17) is 0 Å². The van der Waals surface area contributed by atoms with E-state index in [9.17, 15) is 14.4 Å². The maximum atomic E-state index is 12.0. The van der Waals surface area contributed by atoms with Crippen LogP contribution >= 0.6 is 0 Å². The molecule has 0 spiro atoms. The van der Waals surface area contributed by atoms with Gasteiger partial charge in [-0.1, -0.05) is 0 Å². The third-order valence-corrected chi connectivity index (χ3v) is 3.23. The number of aromatic nitrogens is 1. The fraction of sp³-hybridized carbons (Fsp3) is 0.385. The first kappa shape index (κ1) is 14.0. The van der Waals surface area contributed by atoms with Crippen molar-refractivity contribution in [1.82, 2.24) is 20.7 Å². The van der Waals surface area contributed by atoms with Crippen LogP contribution in [0.5, 0.6) is 0 Å². The van der Waals surface area contributed by atoms with E-state index in [1.807, 2.05) is 12.1 Å². The average Bonchev–Trinajstić information content (AvgIpc) is 2.77. The van der Waals surface area contributed by atoms with Crippen molar-refractivity contribution in [2.24, 2.45) is 5.92 Å². The maximum absolute atomic E-state index is 12.0. The van der Waals surface area contributed by atoms with E-state index in [0.29, 0.717) is 13.0 Å². The van der Waals surface area contributed by atoms with Crippen LogP contribution in [0, 0.1) is 5.92 Å². The lowest BCUT2D eigenvalue weighted by molar-refractivity contribution is -0.137. The molecular formula is C13H16N4O3. The Morgan fingerprint density at radius 2 is 1.85 bits per heavy atom. The highest BCUT2D eigenvalue weighted by atomic mass is 16.2. The van der Waals surface area contributed by atoms with Crippen molar-refractivity contribution in [1.29, 1.82) is 0 Å². The molecule has 0 unspecified atom stereocenters. The van der Waals surface area contributed by atoms with Crippen LogP contribution in [0.4, 0.5) is 0 Å². The Balaban J connectivity index is 1.83. The van der Waals surface area contributed by atoms with E-state index in [1.165, 1.54) is 4.90 Å². The summed E-state index contributed by atoms with van der Waals surface area (Å²) in [5.41, 5.74) is 5.49. The predicted molar refractivity (Wildman–Crippen MR) is 70.0 cm³/mol. The second kappa shape index (κ2) is 6.14. The molecule has 0 radical (unpaired) electrons. The first-order valence-electron chi connectivity index (χ1n) is 6.30. The Labute approximate surface area is 116 Å². The Bertz CT molecular complexity index is 502. The quantitative estimate of drug-likeness (QED) is 0.692. The van der Waals surface area contributed by atoms with Crippen LogP contribution in [0.1, 0.15) is 12.0 Å². The summed E-state index contributed by atoms with van der Waals surface area (Å²) in [4.78, 5) is 40.1. The van der Waals surface area contributed by atoms with Gasteiger partial charge in [0, 0.05) is 32.4 Å². The minimum Gasteiger partial charge on any atom is -0.345 e. The van der Waals surface area contributed by atoms with Crippen molar-refractivity contribution in [3.8, 4) is 0 Å². The fourth-order valence-corrected chi connectivity index (χ4v) is 1.90. The van der Waals surface area contributed by atoms with Gasteiger partial charge in [-0.2, -0.15) is 0 Å². The highest BCUT2D eigenvalue weighted by Gasteiger charge is 2.35. The van der Waals surface area contributed by atoms with Crippen LogP contribution in [-0.2, 0) is 20.8 Å². The normalized spacial score (nSPS) is 14.8. The second-order valence-corrected chi connectivity index (χ2v) is 4.66. The van der Waals surface area contributed by atoms with Crippen molar-refractivity contribution in [2.75, 3.05) is 13.6 Å². The minimum absolute atomic E-state index is 0.107. The van der Waals surface area contributed by atoms with E-state index in [1.54, 1.807) is 19.4 Å². The van der Waals surface area contributed by atoms with Crippen LogP contribution < -0.4 is 10.9 Å². The van der Waals surface area contributed by atoms with Crippen molar-refractivity contribution < 1.29 is 14.4 Å². The number of nitrogens with zero attached hydrogens (tertiary/aromatic N) is 2. The van der Waals surface area contributed by atoms with E-state index < -0.39 is 17.7 Å². The molecule has 1 aliphatic heterocycles. The molecule has 1 aromatic rings. The van der Waals surface area contributed by atoms with Crippen molar-refractivity contribution in [3.63, 3.8) is 0 Å². The van der Waals surface area contributed by atoms with Gasteiger partial charge in [-0.3, -0.25) is 30.2 Å². The SMILES string of the molecule is CN(CCc1ccncc1)C(=O)CC1C(=O)NNC1=O. The van der Waals surface area contributed by atoms with E-state index in [-0.39, 0.29) is 12.3 Å². The van der Waals surface area contributed by atoms with Gasteiger partial charge in [0.25, 0.3) is 11.8 Å². The van der Waals surface area contributed by atoms with Crippen molar-refractivity contribution >= 4 is 17.7 Å². The Morgan fingerprint density at radius 1 is 1.25 bits per heavy atom. The first-order chi connectivity index (χ1) is 9.58. The fourth-order valence-electron chi connectivity index (χ4n) is 1.90. The molecule has 1 aliphatic rings. The van der Waals surface area contributed by atoms with Gasteiger partial charge in [-0.25, -0.2) is 0 Å². The number of amides is 3. The summed E-state index contributed by atoms with van der Waals surface area (Å²) >= 11 is 0. The monoisotopic (exact) mass is 276 g/mol. The van der Waals surface area contributed by atoms with Crippen LogP contribution in [0.15, 0.2) is 24.5 Å². The molecule has 0 aromatic carbocycles. The molecule has 0 bridgehead atoms. The molecule has 7 nitrogen and oxygen atoms in total. The van der Waals surface area contributed by atoms with Gasteiger partial charge in [0.05, 0.1) is 0 Å². The lowest BCUT2D eigenvalue weighted by atomic mass is 10.0. The molecule has 2 rings (SSSR count). The molecule has 0 aliphatic carbocycles. The minimum atomic E-state index is -0.925. The van der Waals surface area contributed by atoms with Gasteiger partial charge < -0.3 is 4.90 Å². The maximum Gasteiger partial charge on any atom is 0.251 e. The zero-order valence-electron chi connectivity index (χ0n) is 11.1. The standard InChI is InChI=1S/C13H16N4O3/c1-17(7-4-9-2-5-14-6-3-9)11(18)8-10-12(19)15-16-13(10)20/h2-3,5-6,10H,4,7-8H2,1H3,(H,15,19)(H,16,20). The summed E-state index contributed by atoms with van der Waals surface area (Å²) in [6.45, 7) is 0.527. The number of hydrogen-bond donors (Lipinski definition) is 2. The molecular weight excluding hydrogens is 260 g/mol. The lowest BCUT2D eigenvalue weighted by Gasteiger charge is -2.17. The first-order valence-corrected chi connectivity index (χ1v) is 6.30. The number of likely N-dealkylation sites (N-methyl/N-ethyl adjacent to an activating group) is 1. The van der Waals surface area contributed by atoms with Gasteiger partial charge in [0.15, 0.2) is 0 Å². The zero-order chi connectivity index (χ0) is 14.5. The largest absolute Gasteiger partial charge is 0.345 e. The molecule has 1 saturated heterocycles. The average molecular weight is 276 g/mol. The molecule has 0 atom stereocenters. The number of carbonyl (C=O) groups excluding carboxylic acids is 3. The number of carbonyl (C=O) groups is 3. The smallest absolute Gasteiger partial charge is 0.251 e. The molecule has 2 heterocycles. The van der Waals surface area contributed by atoms with Crippen LogP contribution in [0.2, 0.25) is 0 Å². The van der Waals surface area contributed by atoms with Crippen molar-refractivity contribution in [2.45, 2.75) is 12.8 Å². The lowest BCUT2D eigenvalue weighted by Crippen LogP contribution is -2.33. The Kier molecular flexibility index (Phi) is 4.29. The van der Waals surface area contributed by atoms with Gasteiger partial charge in [0.1, 0.15) is 5.92 Å². The van der Waals surface area contributed by atoms with Crippen molar-refractivity contribution in [3.05, 3.63) is 30.1 Å². The van der Waals surface area contributed by atoms with Gasteiger partial charge in [-0.15, -0.1) is 0 Å². The highest BCUT2D eigenvalue weighted by molar-refractivity contribution is 6.07. The number of rotatable bonds is 5. The molecule has 2 N–H and O–H groups in total. The summed E-state index contributed by atoms with van der Waals surface area (Å²) in [5.74, 6) is -2.06. The zero-order valence-corrected chi connectivity index (χ0v) is 11.1. The number of nitrogens with one attached hydrogen (secondary N) is 2. The molecule has 20 heavy (non-hydrogen) atoms. The number of hydrazine groups is 1. The Hall–Kier alpha value is -2.44. The molecule has 1 aromatic heterocycles. The molecule has 1 fully saturated rings. The van der Waals surface area contributed by atoms with Gasteiger partial charge in [0.2, 0.25) is 5.91 Å². The predicted octanol–water partition coefficient (Wildman–Crippen LogP) is -0.750. The van der Waals surface area contributed by atoms with Gasteiger partial charge >= 0.3 is 0 Å². The summed E-state index contributed by atoms with van der Waals surface area (Å²) < 4.78 is 0. The van der Waals surface area contributed by atoms with Gasteiger partial charge in [-0.05, 0) is 24.1 Å². The number of pyridine rings is 1. The van der Waals surface area contributed by atoms with Crippen LogP contribution in [0.25, 0.3) is 0 Å². The summed E-state index contributed by atoms with van der Waals surface area (Å²) in [7, 11) is 1.66. The summed E-state index contributed by atoms with van der Waals surface area (Å²) in [6.07, 6.45) is 3.99. The third kappa shape index (κ3) is 3.31. The molecule has 0 saturated carbocycles. The van der Waals surface area contributed by atoms with Crippen LogP contribution in [0.3, 0.4) is 0 Å².